The third-order valence-corrected chi connectivity index (χ3v) is 6.02. The molecule has 8 nitrogen and oxygen atoms in total. The lowest BCUT2D eigenvalue weighted by molar-refractivity contribution is 0.158. The number of H-pyrrole nitrogens is 1. The number of pyridine rings is 1. The number of fused-ring (bicyclic) bond motifs is 3. The third-order valence-electron chi connectivity index (χ3n) is 6.02. The number of nitrogens with two attached hydrogens (primary N) is 1. The quantitative estimate of drug-likeness (QED) is 0.460. The fourth-order valence-electron chi connectivity index (χ4n) is 4.19. The van der Waals surface area contributed by atoms with Gasteiger partial charge in [0.1, 0.15) is 16.7 Å². The largest absolute Gasteiger partial charge is 0.384 e. The Bertz CT molecular complexity index is 1270. The van der Waals surface area contributed by atoms with Gasteiger partial charge >= 0.3 is 0 Å². The minimum absolute atomic E-state index is 0.225. The second kappa shape index (κ2) is 8.05. The van der Waals surface area contributed by atoms with Crippen LogP contribution in [0.25, 0.3) is 27.5 Å². The molecular weight excluding hydrogens is 390 g/mol. The maximum Gasteiger partial charge on any atom is 0.261 e. The number of hydrogen-bond donors (Lipinski definition) is 3. The van der Waals surface area contributed by atoms with Crippen LogP contribution in [0.2, 0.25) is 0 Å². The lowest BCUT2D eigenvalue weighted by Crippen LogP contribution is -2.45. The molecular formula is C23H27N7O. The van der Waals surface area contributed by atoms with Gasteiger partial charge in [-0.2, -0.15) is 5.10 Å². The first-order valence-corrected chi connectivity index (χ1v) is 10.6. The molecule has 3 heterocycles. The van der Waals surface area contributed by atoms with Gasteiger partial charge in [0.2, 0.25) is 0 Å². The van der Waals surface area contributed by atoms with Gasteiger partial charge in [-0.1, -0.05) is 18.2 Å². The van der Waals surface area contributed by atoms with E-state index in [9.17, 15) is 4.79 Å². The summed E-state index contributed by atoms with van der Waals surface area (Å²) in [6.07, 6.45) is 0. The average Bonchev–Trinajstić information content (AvgIpc) is 3.14. The molecule has 1 saturated heterocycles. The lowest BCUT2D eigenvalue weighted by atomic mass is 10.1. The summed E-state index contributed by atoms with van der Waals surface area (Å²) in [4.78, 5) is 20.6. The SMILES string of the molecule is CN1CCN(CCNc2ccc3c(c2)[nH]c(=O)c2c(N)n(-c4ccccc4)nc23)CC1. The summed E-state index contributed by atoms with van der Waals surface area (Å²) < 4.78 is 1.63. The van der Waals surface area contributed by atoms with Crippen molar-refractivity contribution in [3.05, 3.63) is 58.9 Å². The van der Waals surface area contributed by atoms with Crippen molar-refractivity contribution < 1.29 is 0 Å². The molecule has 8 heteroatoms. The average molecular weight is 418 g/mol. The van der Waals surface area contributed by atoms with Crippen LogP contribution in [0, 0.1) is 0 Å². The first kappa shape index (κ1) is 19.6. The molecule has 2 aromatic carbocycles. The molecule has 0 aliphatic carbocycles. The fraction of sp³-hybridized carbons (Fsp3) is 0.304. The predicted molar refractivity (Wildman–Crippen MR) is 126 cm³/mol. The first-order valence-electron chi connectivity index (χ1n) is 10.6. The molecule has 4 aromatic rings. The van der Waals surface area contributed by atoms with Gasteiger partial charge in [0.05, 0.1) is 11.2 Å². The molecule has 160 valence electrons. The zero-order valence-electron chi connectivity index (χ0n) is 17.6. The molecule has 0 bridgehead atoms. The summed E-state index contributed by atoms with van der Waals surface area (Å²) in [6.45, 7) is 6.30. The lowest BCUT2D eigenvalue weighted by Gasteiger charge is -2.32. The van der Waals surface area contributed by atoms with Gasteiger partial charge in [-0.15, -0.1) is 0 Å². The number of nitrogens with one attached hydrogen (secondary N) is 2. The van der Waals surface area contributed by atoms with Crippen molar-refractivity contribution in [3.63, 3.8) is 0 Å². The number of hydrogen-bond acceptors (Lipinski definition) is 6. The normalized spacial score (nSPS) is 15.6. The van der Waals surface area contributed by atoms with Crippen molar-refractivity contribution >= 4 is 33.3 Å². The predicted octanol–water partition coefficient (Wildman–Crippen LogP) is 2.11. The highest BCUT2D eigenvalue weighted by Crippen LogP contribution is 2.27. The summed E-state index contributed by atoms with van der Waals surface area (Å²) in [5.74, 6) is 0.346. The highest BCUT2D eigenvalue weighted by molar-refractivity contribution is 6.07. The van der Waals surface area contributed by atoms with E-state index in [0.29, 0.717) is 16.7 Å². The molecule has 0 amide bonds. The molecule has 0 saturated carbocycles. The Kier molecular flexibility index (Phi) is 5.09. The van der Waals surface area contributed by atoms with E-state index in [-0.39, 0.29) is 5.56 Å². The van der Waals surface area contributed by atoms with E-state index in [1.807, 2.05) is 48.5 Å². The smallest absolute Gasteiger partial charge is 0.261 e. The number of rotatable bonds is 5. The van der Waals surface area contributed by atoms with Crippen LogP contribution in [-0.2, 0) is 0 Å². The number of para-hydroxylation sites is 1. The van der Waals surface area contributed by atoms with E-state index in [1.165, 1.54) is 0 Å². The zero-order chi connectivity index (χ0) is 21.4. The van der Waals surface area contributed by atoms with Gasteiger partial charge < -0.3 is 20.9 Å². The van der Waals surface area contributed by atoms with Crippen LogP contribution in [0.4, 0.5) is 11.5 Å². The van der Waals surface area contributed by atoms with E-state index in [2.05, 4.69) is 32.2 Å². The van der Waals surface area contributed by atoms with E-state index in [1.54, 1.807) is 4.68 Å². The second-order valence-electron chi connectivity index (χ2n) is 8.14. The summed E-state index contributed by atoms with van der Waals surface area (Å²) in [5.41, 5.74) is 9.24. The van der Waals surface area contributed by atoms with Crippen LogP contribution in [0.3, 0.4) is 0 Å². The fourth-order valence-corrected chi connectivity index (χ4v) is 4.19. The Labute approximate surface area is 180 Å². The van der Waals surface area contributed by atoms with Crippen LogP contribution >= 0.6 is 0 Å². The van der Waals surface area contributed by atoms with E-state index in [4.69, 9.17) is 5.73 Å². The summed E-state index contributed by atoms with van der Waals surface area (Å²) in [7, 11) is 2.17. The maximum atomic E-state index is 12.8. The van der Waals surface area contributed by atoms with Gasteiger partial charge in [-0.05, 0) is 37.4 Å². The summed E-state index contributed by atoms with van der Waals surface area (Å²) >= 11 is 0. The number of benzene rings is 2. The van der Waals surface area contributed by atoms with Crippen LogP contribution in [0.1, 0.15) is 0 Å². The van der Waals surface area contributed by atoms with Crippen molar-refractivity contribution in [2.24, 2.45) is 0 Å². The number of likely N-dealkylation sites (N-methyl/N-ethyl adjacent to an activating group) is 1. The van der Waals surface area contributed by atoms with Crippen LogP contribution in [-0.4, -0.2) is 70.9 Å². The van der Waals surface area contributed by atoms with Gasteiger partial charge in [0.25, 0.3) is 5.56 Å². The van der Waals surface area contributed by atoms with E-state index in [0.717, 1.165) is 61.5 Å². The minimum Gasteiger partial charge on any atom is -0.384 e. The molecule has 1 fully saturated rings. The number of nitrogens with zero attached hydrogens (tertiary/aromatic N) is 4. The maximum absolute atomic E-state index is 12.8. The Balaban J connectivity index is 1.42. The molecule has 2 aromatic heterocycles. The molecule has 4 N–H and O–H groups in total. The Morgan fingerprint density at radius 1 is 1.10 bits per heavy atom. The van der Waals surface area contributed by atoms with Crippen molar-refractivity contribution in [2.75, 3.05) is 57.4 Å². The second-order valence-corrected chi connectivity index (χ2v) is 8.14. The number of aromatic nitrogens is 3. The topological polar surface area (TPSA) is 95.2 Å². The van der Waals surface area contributed by atoms with Crippen LogP contribution in [0.15, 0.2) is 53.3 Å². The summed E-state index contributed by atoms with van der Waals surface area (Å²) in [5, 5.41) is 9.45. The minimum atomic E-state index is -0.225. The molecule has 0 spiro atoms. The van der Waals surface area contributed by atoms with Gasteiger partial charge in [-0.25, -0.2) is 4.68 Å². The standard InChI is InChI=1S/C23H27N7O/c1-28-11-13-29(14-12-28)10-9-25-16-7-8-18-19(15-16)26-23(31)20-21(18)27-30(22(20)24)17-5-3-2-4-6-17/h2-8,15,25H,9-14,24H2,1H3,(H,26,31). The Hall–Kier alpha value is -3.36. The Morgan fingerprint density at radius 2 is 1.87 bits per heavy atom. The summed E-state index contributed by atoms with van der Waals surface area (Å²) in [6, 6.07) is 15.6. The first-order chi connectivity index (χ1) is 15.1. The van der Waals surface area contributed by atoms with Crippen LogP contribution in [0.5, 0.6) is 0 Å². The van der Waals surface area contributed by atoms with Crippen molar-refractivity contribution in [2.45, 2.75) is 0 Å². The van der Waals surface area contributed by atoms with Crippen molar-refractivity contribution in [1.82, 2.24) is 24.6 Å². The number of piperazine rings is 1. The molecule has 5 rings (SSSR count). The molecule has 0 atom stereocenters. The molecule has 31 heavy (non-hydrogen) atoms. The Morgan fingerprint density at radius 3 is 2.65 bits per heavy atom. The zero-order valence-corrected chi connectivity index (χ0v) is 17.6. The van der Waals surface area contributed by atoms with Gasteiger partial charge in [-0.3, -0.25) is 9.69 Å². The van der Waals surface area contributed by atoms with Gasteiger partial charge in [0.15, 0.2) is 0 Å². The highest BCUT2D eigenvalue weighted by atomic mass is 16.1. The molecule has 1 aliphatic rings. The van der Waals surface area contributed by atoms with Crippen LogP contribution < -0.4 is 16.6 Å². The number of nitrogen functional groups attached to an aromatic ring is 1. The molecule has 1 aliphatic heterocycles. The van der Waals surface area contributed by atoms with Gasteiger partial charge in [0, 0.05) is 50.3 Å². The number of anilines is 2. The van der Waals surface area contributed by atoms with E-state index >= 15 is 0 Å². The highest BCUT2D eigenvalue weighted by Gasteiger charge is 2.17. The van der Waals surface area contributed by atoms with Crippen molar-refractivity contribution in [1.29, 1.82) is 0 Å². The number of aromatic amines is 1. The molecule has 0 unspecified atom stereocenters. The van der Waals surface area contributed by atoms with E-state index < -0.39 is 0 Å². The monoisotopic (exact) mass is 417 g/mol. The third kappa shape index (κ3) is 3.75. The molecule has 0 radical (unpaired) electrons. The van der Waals surface area contributed by atoms with Crippen molar-refractivity contribution in [3.8, 4) is 5.69 Å².